The van der Waals surface area contributed by atoms with E-state index in [1.54, 1.807) is 0 Å². The van der Waals surface area contributed by atoms with Gasteiger partial charge in [-0.05, 0) is 45.1 Å². The van der Waals surface area contributed by atoms with Gasteiger partial charge in [0.05, 0.1) is 6.07 Å². The first-order valence-electron chi connectivity index (χ1n) is 7.23. The molecule has 1 heterocycles. The number of benzene rings is 1. The van der Waals surface area contributed by atoms with Gasteiger partial charge in [-0.3, -0.25) is 4.90 Å². The summed E-state index contributed by atoms with van der Waals surface area (Å²) in [5.74, 6) is 0.532. The summed E-state index contributed by atoms with van der Waals surface area (Å²) in [5.41, 5.74) is 1.59. The van der Waals surface area contributed by atoms with Crippen LogP contribution in [0.2, 0.25) is 0 Å². The second-order valence-corrected chi connectivity index (χ2v) is 6.32. The van der Waals surface area contributed by atoms with E-state index >= 15 is 0 Å². The van der Waals surface area contributed by atoms with E-state index in [1.165, 1.54) is 18.4 Å². The Kier molecular flexibility index (Phi) is 4.27. The summed E-state index contributed by atoms with van der Waals surface area (Å²) in [7, 11) is 0. The van der Waals surface area contributed by atoms with Crippen LogP contribution in [0.25, 0.3) is 0 Å². The molecule has 0 spiro atoms. The fourth-order valence-electron chi connectivity index (χ4n) is 3.21. The summed E-state index contributed by atoms with van der Waals surface area (Å²) in [5, 5.41) is 8.92. The van der Waals surface area contributed by atoms with E-state index in [1.807, 2.05) is 0 Å². The lowest BCUT2D eigenvalue weighted by Gasteiger charge is -2.48. The molecule has 1 aromatic rings. The van der Waals surface area contributed by atoms with Gasteiger partial charge < -0.3 is 0 Å². The SMILES string of the molecule is CC(c1ccccc1)N1CC(CC#N)CCC1(C)C. The van der Waals surface area contributed by atoms with Crippen molar-refractivity contribution in [1.82, 2.24) is 4.90 Å². The molecule has 19 heavy (non-hydrogen) atoms. The molecule has 0 amide bonds. The molecule has 2 atom stereocenters. The predicted octanol–water partition coefficient (Wildman–Crippen LogP) is 4.15. The van der Waals surface area contributed by atoms with Crippen LogP contribution in [-0.2, 0) is 0 Å². The third kappa shape index (κ3) is 3.16. The van der Waals surface area contributed by atoms with Crippen LogP contribution in [0, 0.1) is 17.2 Å². The van der Waals surface area contributed by atoms with Crippen molar-refractivity contribution >= 4 is 0 Å². The Morgan fingerprint density at radius 1 is 1.37 bits per heavy atom. The molecule has 2 rings (SSSR count). The number of nitriles is 1. The van der Waals surface area contributed by atoms with Crippen molar-refractivity contribution in [2.45, 2.75) is 51.6 Å². The molecule has 2 heteroatoms. The minimum Gasteiger partial charge on any atom is -0.291 e. The van der Waals surface area contributed by atoms with Crippen LogP contribution in [0.3, 0.4) is 0 Å². The minimum absolute atomic E-state index is 0.223. The number of nitrogens with zero attached hydrogens (tertiary/aromatic N) is 2. The molecule has 2 unspecified atom stereocenters. The van der Waals surface area contributed by atoms with E-state index in [9.17, 15) is 0 Å². The first-order chi connectivity index (χ1) is 9.04. The second-order valence-electron chi connectivity index (χ2n) is 6.32. The molecule has 1 saturated heterocycles. The van der Waals surface area contributed by atoms with Gasteiger partial charge in [0.2, 0.25) is 0 Å². The van der Waals surface area contributed by atoms with Gasteiger partial charge in [0.1, 0.15) is 0 Å². The standard InChI is InChI=1S/C17H24N2/c1-14(16-7-5-4-6-8-16)19-13-15(10-12-18)9-11-17(19,2)3/h4-8,14-15H,9-11,13H2,1-3H3. The van der Waals surface area contributed by atoms with Crippen molar-refractivity contribution in [3.8, 4) is 6.07 Å². The highest BCUT2D eigenvalue weighted by Gasteiger charge is 2.36. The molecule has 1 aliphatic heterocycles. The fraction of sp³-hybridized carbons (Fsp3) is 0.588. The van der Waals surface area contributed by atoms with Gasteiger partial charge in [0.25, 0.3) is 0 Å². The van der Waals surface area contributed by atoms with Gasteiger partial charge in [0.15, 0.2) is 0 Å². The molecule has 102 valence electrons. The fourth-order valence-corrected chi connectivity index (χ4v) is 3.21. The average Bonchev–Trinajstić information content (AvgIpc) is 2.41. The Morgan fingerprint density at radius 3 is 2.68 bits per heavy atom. The second kappa shape index (κ2) is 5.75. The molecule has 1 fully saturated rings. The van der Waals surface area contributed by atoms with Crippen LogP contribution in [0.15, 0.2) is 30.3 Å². The Balaban J connectivity index is 2.17. The van der Waals surface area contributed by atoms with Gasteiger partial charge in [-0.15, -0.1) is 0 Å². The molecular weight excluding hydrogens is 232 g/mol. The van der Waals surface area contributed by atoms with Crippen molar-refractivity contribution in [2.24, 2.45) is 5.92 Å². The molecule has 0 saturated carbocycles. The van der Waals surface area contributed by atoms with Gasteiger partial charge >= 0.3 is 0 Å². The summed E-state index contributed by atoms with van der Waals surface area (Å²) >= 11 is 0. The predicted molar refractivity (Wildman–Crippen MR) is 78.6 cm³/mol. The zero-order valence-electron chi connectivity index (χ0n) is 12.3. The molecule has 0 bridgehead atoms. The zero-order valence-corrected chi connectivity index (χ0v) is 12.3. The third-order valence-electron chi connectivity index (χ3n) is 4.53. The number of piperidine rings is 1. The van der Waals surface area contributed by atoms with Crippen molar-refractivity contribution in [2.75, 3.05) is 6.54 Å². The van der Waals surface area contributed by atoms with E-state index < -0.39 is 0 Å². The van der Waals surface area contributed by atoms with Crippen LogP contribution in [-0.4, -0.2) is 17.0 Å². The Hall–Kier alpha value is -1.33. The maximum absolute atomic E-state index is 8.92. The molecule has 0 N–H and O–H groups in total. The summed E-state index contributed by atoms with van der Waals surface area (Å²) < 4.78 is 0. The van der Waals surface area contributed by atoms with E-state index in [0.29, 0.717) is 18.4 Å². The number of rotatable bonds is 3. The molecule has 1 aromatic carbocycles. The maximum atomic E-state index is 8.92. The molecular formula is C17H24N2. The van der Waals surface area contributed by atoms with Crippen LogP contribution in [0.1, 0.15) is 51.6 Å². The normalized spacial score (nSPS) is 24.6. The Labute approximate surface area is 117 Å². The van der Waals surface area contributed by atoms with E-state index in [-0.39, 0.29) is 5.54 Å². The van der Waals surface area contributed by atoms with Crippen molar-refractivity contribution in [3.63, 3.8) is 0 Å². The molecule has 0 aliphatic carbocycles. The smallest absolute Gasteiger partial charge is 0.0625 e. The maximum Gasteiger partial charge on any atom is 0.0625 e. The largest absolute Gasteiger partial charge is 0.291 e. The first kappa shape index (κ1) is 14.1. The molecule has 2 nitrogen and oxygen atoms in total. The number of likely N-dealkylation sites (tertiary alicyclic amines) is 1. The van der Waals surface area contributed by atoms with Gasteiger partial charge in [-0.25, -0.2) is 0 Å². The van der Waals surface area contributed by atoms with Crippen molar-refractivity contribution < 1.29 is 0 Å². The lowest BCUT2D eigenvalue weighted by atomic mass is 9.82. The van der Waals surface area contributed by atoms with E-state index in [4.69, 9.17) is 5.26 Å². The van der Waals surface area contributed by atoms with Crippen LogP contribution >= 0.6 is 0 Å². The first-order valence-corrected chi connectivity index (χ1v) is 7.23. The quantitative estimate of drug-likeness (QED) is 0.812. The third-order valence-corrected chi connectivity index (χ3v) is 4.53. The molecule has 0 radical (unpaired) electrons. The Morgan fingerprint density at radius 2 is 2.05 bits per heavy atom. The number of hydrogen-bond donors (Lipinski definition) is 0. The molecule has 1 aliphatic rings. The lowest BCUT2D eigenvalue weighted by Crippen LogP contribution is -2.51. The van der Waals surface area contributed by atoms with Gasteiger partial charge in [-0.1, -0.05) is 30.3 Å². The highest BCUT2D eigenvalue weighted by Crippen LogP contribution is 2.37. The van der Waals surface area contributed by atoms with Crippen LogP contribution in [0.4, 0.5) is 0 Å². The van der Waals surface area contributed by atoms with E-state index in [2.05, 4.69) is 62.1 Å². The minimum atomic E-state index is 0.223. The molecule has 0 aromatic heterocycles. The van der Waals surface area contributed by atoms with Gasteiger partial charge in [0, 0.05) is 24.5 Å². The monoisotopic (exact) mass is 256 g/mol. The highest BCUT2D eigenvalue weighted by atomic mass is 15.2. The summed E-state index contributed by atoms with van der Waals surface area (Å²) in [6.45, 7) is 7.98. The number of hydrogen-bond acceptors (Lipinski definition) is 2. The summed E-state index contributed by atoms with van der Waals surface area (Å²) in [6, 6.07) is 13.4. The topological polar surface area (TPSA) is 27.0 Å². The zero-order chi connectivity index (χ0) is 13.9. The van der Waals surface area contributed by atoms with Crippen LogP contribution in [0.5, 0.6) is 0 Å². The van der Waals surface area contributed by atoms with Gasteiger partial charge in [-0.2, -0.15) is 5.26 Å². The Bertz CT molecular complexity index is 444. The average molecular weight is 256 g/mol. The van der Waals surface area contributed by atoms with Crippen LogP contribution < -0.4 is 0 Å². The van der Waals surface area contributed by atoms with Crippen molar-refractivity contribution in [3.05, 3.63) is 35.9 Å². The lowest BCUT2D eigenvalue weighted by molar-refractivity contribution is 0.0128. The van der Waals surface area contributed by atoms with Crippen molar-refractivity contribution in [1.29, 1.82) is 5.26 Å². The highest BCUT2D eigenvalue weighted by molar-refractivity contribution is 5.19. The summed E-state index contributed by atoms with van der Waals surface area (Å²) in [6.07, 6.45) is 3.04. The van der Waals surface area contributed by atoms with E-state index in [0.717, 1.165) is 6.54 Å². The summed E-state index contributed by atoms with van der Waals surface area (Å²) in [4.78, 5) is 2.58.